The van der Waals surface area contributed by atoms with E-state index < -0.39 is 8.96 Å². The third-order valence-electron chi connectivity index (χ3n) is 2.92. The Hall–Kier alpha value is -2.47. The number of halogens is 1. The average Bonchev–Trinajstić information content (AvgIpc) is 2.49. The Morgan fingerprint density at radius 1 is 1.05 bits per heavy atom. The number of benzene rings is 2. The lowest BCUT2D eigenvalue weighted by molar-refractivity contribution is 0.617. The van der Waals surface area contributed by atoms with Crippen molar-refractivity contribution in [2.45, 2.75) is 6.04 Å². The summed E-state index contributed by atoms with van der Waals surface area (Å²) in [6.45, 7) is 0. The molecule has 5 heteroatoms. The number of nitrogens with zero attached hydrogens (tertiary/aromatic N) is 2. The van der Waals surface area contributed by atoms with E-state index in [1.807, 2.05) is 11.8 Å². The molecule has 2 N–H and O–H groups in total. The predicted octanol–water partition coefficient (Wildman–Crippen LogP) is 2.46. The molecule has 0 amide bonds. The fraction of sp³-hybridized carbons (Fsp3) is 0.0667. The number of nitrogens with two attached hydrogens (primary N) is 1. The third-order valence-corrected chi connectivity index (χ3v) is 3.97. The van der Waals surface area contributed by atoms with Gasteiger partial charge in [-0.3, -0.25) is 0 Å². The van der Waals surface area contributed by atoms with Crippen molar-refractivity contribution in [3.8, 4) is 22.9 Å². The first-order valence-corrected chi connectivity index (χ1v) is 7.73. The van der Waals surface area contributed by atoms with Crippen LogP contribution in [0.2, 0.25) is 0 Å². The maximum absolute atomic E-state index is 14.0. The molecular formula is C15H11FN3Si. The molecule has 0 spiro atoms. The van der Waals surface area contributed by atoms with Gasteiger partial charge in [0.2, 0.25) is 0 Å². The van der Waals surface area contributed by atoms with Gasteiger partial charge in [-0.15, -0.1) is 0 Å². The lowest BCUT2D eigenvalue weighted by atomic mass is 10.0. The summed E-state index contributed by atoms with van der Waals surface area (Å²) in [5, 5.41) is 23.0. The minimum Gasteiger partial charge on any atom is -0.340 e. The predicted molar refractivity (Wildman–Crippen MR) is 75.8 cm³/mol. The van der Waals surface area contributed by atoms with Crippen LogP contribution in [0.1, 0.15) is 11.1 Å². The second kappa shape index (κ2) is 6.11. The molecule has 3 nitrogen and oxygen atoms in total. The van der Waals surface area contributed by atoms with Gasteiger partial charge in [-0.05, 0) is 40.9 Å². The van der Waals surface area contributed by atoms with Crippen molar-refractivity contribution < 1.29 is 4.39 Å². The summed E-state index contributed by atoms with van der Waals surface area (Å²) < 4.78 is 14.0. The number of rotatable bonds is 3. The normalized spacial score (nSPS) is 10.1. The zero-order valence-electron chi connectivity index (χ0n) is 10.6. The van der Waals surface area contributed by atoms with Crippen LogP contribution < -0.4 is 5.40 Å². The number of hydrogen-bond acceptors (Lipinski definition) is 3. The fourth-order valence-corrected chi connectivity index (χ4v) is 2.63. The molecule has 0 aromatic heterocycles. The Labute approximate surface area is 118 Å². The highest BCUT2D eigenvalue weighted by Crippen LogP contribution is 2.22. The summed E-state index contributed by atoms with van der Waals surface area (Å²) in [6, 6.07) is 14.2. The van der Waals surface area contributed by atoms with Gasteiger partial charge in [0.1, 0.15) is 5.82 Å². The van der Waals surface area contributed by atoms with Gasteiger partial charge in [0, 0.05) is 5.69 Å². The van der Waals surface area contributed by atoms with Crippen LogP contribution in [0.3, 0.4) is 0 Å². The third kappa shape index (κ3) is 3.10. The Morgan fingerprint density at radius 3 is 2.25 bits per heavy atom. The molecule has 0 aliphatic heterocycles. The van der Waals surface area contributed by atoms with Gasteiger partial charge in [-0.2, -0.15) is 5.26 Å². The number of hydrogen-bond donors (Lipinski definition) is 1. The summed E-state index contributed by atoms with van der Waals surface area (Å²) >= 11 is 0. The zero-order valence-corrected chi connectivity index (χ0v) is 11.6. The van der Waals surface area contributed by atoms with Crippen LogP contribution in [0.5, 0.6) is 0 Å². The van der Waals surface area contributed by atoms with Gasteiger partial charge in [0.05, 0.1) is 11.6 Å². The van der Waals surface area contributed by atoms with Gasteiger partial charge < -0.3 is 5.40 Å². The fourth-order valence-electron chi connectivity index (χ4n) is 1.85. The highest BCUT2D eigenvalue weighted by Gasteiger charge is 2.11. The standard InChI is InChI=1S/C15H11FN3Si/c16-15-7-13(5-6-14(15)9-20(19)10-18)12-3-1-11(8-17)2-4-12/h1-7H,9,19H2. The van der Waals surface area contributed by atoms with Crippen molar-refractivity contribution in [1.82, 2.24) is 0 Å². The summed E-state index contributed by atoms with van der Waals surface area (Å²) in [4.78, 5) is 0. The van der Waals surface area contributed by atoms with Gasteiger partial charge in [0.15, 0.2) is 0 Å². The molecule has 0 atom stereocenters. The molecule has 0 saturated carbocycles. The van der Waals surface area contributed by atoms with E-state index in [1.165, 1.54) is 6.07 Å². The first-order chi connectivity index (χ1) is 9.63. The van der Waals surface area contributed by atoms with Crippen LogP contribution in [0.25, 0.3) is 11.1 Å². The summed E-state index contributed by atoms with van der Waals surface area (Å²) in [5.41, 5.74) is 4.59. The lowest BCUT2D eigenvalue weighted by Crippen LogP contribution is -2.27. The van der Waals surface area contributed by atoms with Crippen molar-refractivity contribution in [3.05, 3.63) is 59.4 Å². The lowest BCUT2D eigenvalue weighted by Gasteiger charge is -2.06. The van der Waals surface area contributed by atoms with Crippen LogP contribution >= 0.6 is 0 Å². The summed E-state index contributed by atoms with van der Waals surface area (Å²) in [6.07, 6.45) is 0. The van der Waals surface area contributed by atoms with Crippen LogP contribution in [-0.2, 0) is 6.04 Å². The molecule has 2 aromatic rings. The molecule has 0 aliphatic rings. The zero-order chi connectivity index (χ0) is 14.5. The summed E-state index contributed by atoms with van der Waals surface area (Å²) in [7, 11) is -1.66. The van der Waals surface area contributed by atoms with Crippen molar-refractivity contribution in [2.75, 3.05) is 0 Å². The average molecular weight is 280 g/mol. The van der Waals surface area contributed by atoms with Crippen LogP contribution in [0.15, 0.2) is 42.5 Å². The maximum atomic E-state index is 14.0. The van der Waals surface area contributed by atoms with E-state index in [-0.39, 0.29) is 5.82 Å². The molecule has 1 radical (unpaired) electrons. The molecule has 0 fully saturated rings. The maximum Gasteiger partial charge on any atom is 0.267 e. The molecular weight excluding hydrogens is 269 g/mol. The molecule has 2 aromatic carbocycles. The van der Waals surface area contributed by atoms with Crippen LogP contribution in [0, 0.1) is 28.1 Å². The highest BCUT2D eigenvalue weighted by atomic mass is 28.3. The number of nitriles is 2. The Bertz CT molecular complexity index is 699. The molecule has 20 heavy (non-hydrogen) atoms. The Balaban J connectivity index is 2.28. The Kier molecular flexibility index (Phi) is 4.26. The quantitative estimate of drug-likeness (QED) is 0.878. The molecule has 97 valence electrons. The molecule has 0 unspecified atom stereocenters. The minimum atomic E-state index is -1.66. The molecule has 0 heterocycles. The molecule has 0 saturated heterocycles. The molecule has 2 rings (SSSR count). The Morgan fingerprint density at radius 2 is 1.70 bits per heavy atom. The largest absolute Gasteiger partial charge is 0.340 e. The van der Waals surface area contributed by atoms with Crippen LogP contribution in [-0.4, -0.2) is 8.96 Å². The van der Waals surface area contributed by atoms with Gasteiger partial charge >= 0.3 is 0 Å². The van der Waals surface area contributed by atoms with Crippen molar-refractivity contribution in [2.24, 2.45) is 5.40 Å². The smallest absolute Gasteiger partial charge is 0.267 e. The highest BCUT2D eigenvalue weighted by molar-refractivity contribution is 6.63. The van der Waals surface area contributed by atoms with Crippen LogP contribution in [0.4, 0.5) is 4.39 Å². The van der Waals surface area contributed by atoms with Crippen molar-refractivity contribution in [3.63, 3.8) is 0 Å². The van der Waals surface area contributed by atoms with E-state index in [4.69, 9.17) is 15.9 Å². The van der Waals surface area contributed by atoms with Crippen molar-refractivity contribution in [1.29, 1.82) is 10.5 Å². The van der Waals surface area contributed by atoms with E-state index in [0.29, 0.717) is 17.2 Å². The van der Waals surface area contributed by atoms with E-state index in [1.54, 1.807) is 36.4 Å². The molecule has 0 aliphatic carbocycles. The van der Waals surface area contributed by atoms with Gasteiger partial charge in [0.25, 0.3) is 8.96 Å². The van der Waals surface area contributed by atoms with E-state index >= 15 is 0 Å². The van der Waals surface area contributed by atoms with Gasteiger partial charge in [-0.25, -0.2) is 9.65 Å². The van der Waals surface area contributed by atoms with E-state index in [0.717, 1.165) is 11.1 Å². The monoisotopic (exact) mass is 280 g/mol. The molecule has 0 bridgehead atoms. The topological polar surface area (TPSA) is 73.6 Å². The van der Waals surface area contributed by atoms with Crippen molar-refractivity contribution >= 4 is 8.96 Å². The summed E-state index contributed by atoms with van der Waals surface area (Å²) in [5.74, 6) is -0.352. The van der Waals surface area contributed by atoms with E-state index in [9.17, 15) is 4.39 Å². The van der Waals surface area contributed by atoms with E-state index in [2.05, 4.69) is 0 Å². The van der Waals surface area contributed by atoms with Gasteiger partial charge in [-0.1, -0.05) is 24.3 Å². The second-order valence-electron chi connectivity index (χ2n) is 4.31. The second-order valence-corrected chi connectivity index (χ2v) is 5.94. The minimum absolute atomic E-state index is 0.292. The first kappa shape index (κ1) is 13.9. The first-order valence-electron chi connectivity index (χ1n) is 5.94. The SMILES string of the molecule is N#Cc1ccc(-c2ccc(C[Si](N)C#N)c(F)c2)cc1.